The molecule has 0 aliphatic carbocycles. The second kappa shape index (κ2) is 12.2. The van der Waals surface area contributed by atoms with E-state index >= 15 is 0 Å². The van der Waals surface area contributed by atoms with Crippen LogP contribution in [0.5, 0.6) is 0 Å². The SMILES string of the molecule is C=CCOC(=O)[C@@H]1[C@@H]2CCC3(S2)C(C(=O)N(CC=C)CCCC)N(CCCCCCO)C(=O)[C@H]13. The number of hydrogen-bond acceptors (Lipinski definition) is 6. The first-order chi connectivity index (χ1) is 16.5. The van der Waals surface area contributed by atoms with Crippen LogP contribution in [0.2, 0.25) is 0 Å². The summed E-state index contributed by atoms with van der Waals surface area (Å²) in [5, 5.41) is 9.07. The first-order valence-electron chi connectivity index (χ1n) is 12.7. The standard InChI is InChI=1S/C26H40N2O5S/c1-4-7-15-27(14-5-2)24(31)22-26-13-12-19(34-26)20(25(32)33-18-6-3)21(26)23(30)28(22)16-10-8-9-11-17-29/h5-6,19-22,29H,2-4,7-18H2,1H3/t19-,20+,21-,22?,26?/m0/s1. The molecular weight excluding hydrogens is 452 g/mol. The summed E-state index contributed by atoms with van der Waals surface area (Å²) in [5.74, 6) is -1.47. The third-order valence-corrected chi connectivity index (χ3v) is 9.35. The van der Waals surface area contributed by atoms with E-state index in [0.29, 0.717) is 19.6 Å². The van der Waals surface area contributed by atoms with Crippen LogP contribution < -0.4 is 0 Å². The molecule has 0 aromatic heterocycles. The number of thioether (sulfide) groups is 1. The molecule has 1 spiro atoms. The highest BCUT2D eigenvalue weighted by atomic mass is 32.2. The number of ether oxygens (including phenoxy) is 1. The highest BCUT2D eigenvalue weighted by molar-refractivity contribution is 8.02. The molecular formula is C26H40N2O5S. The molecule has 3 saturated heterocycles. The summed E-state index contributed by atoms with van der Waals surface area (Å²) in [6.45, 7) is 11.4. The molecule has 8 heteroatoms. The van der Waals surface area contributed by atoms with Gasteiger partial charge in [-0.3, -0.25) is 14.4 Å². The van der Waals surface area contributed by atoms with Crippen LogP contribution in [0.15, 0.2) is 25.3 Å². The van der Waals surface area contributed by atoms with Crippen molar-refractivity contribution in [2.45, 2.75) is 74.3 Å². The Morgan fingerprint density at radius 2 is 2.00 bits per heavy atom. The molecule has 0 radical (unpaired) electrons. The van der Waals surface area contributed by atoms with Gasteiger partial charge in [0, 0.05) is 31.5 Å². The molecule has 5 atom stereocenters. The van der Waals surface area contributed by atoms with Crippen molar-refractivity contribution in [3.63, 3.8) is 0 Å². The van der Waals surface area contributed by atoms with E-state index in [-0.39, 0.29) is 36.2 Å². The summed E-state index contributed by atoms with van der Waals surface area (Å²) in [7, 11) is 0. The van der Waals surface area contributed by atoms with Gasteiger partial charge in [-0.2, -0.15) is 0 Å². The van der Waals surface area contributed by atoms with Gasteiger partial charge < -0.3 is 19.6 Å². The van der Waals surface area contributed by atoms with Crippen LogP contribution in [-0.2, 0) is 19.1 Å². The second-order valence-electron chi connectivity index (χ2n) is 9.57. The number of carbonyl (C=O) groups is 3. The van der Waals surface area contributed by atoms with Gasteiger partial charge in [0.15, 0.2) is 0 Å². The normalized spacial score (nSPS) is 29.2. The van der Waals surface area contributed by atoms with Crippen molar-refractivity contribution in [2.75, 3.05) is 32.8 Å². The van der Waals surface area contributed by atoms with E-state index in [1.54, 1.807) is 22.7 Å². The minimum absolute atomic E-state index is 0.0109. The zero-order valence-electron chi connectivity index (χ0n) is 20.5. The number of fused-ring (bicyclic) bond motifs is 1. The fourth-order valence-electron chi connectivity index (χ4n) is 5.89. The minimum atomic E-state index is -0.576. The Morgan fingerprint density at radius 1 is 1.24 bits per heavy atom. The lowest BCUT2D eigenvalue weighted by Gasteiger charge is -2.37. The van der Waals surface area contributed by atoms with E-state index in [4.69, 9.17) is 9.84 Å². The number of unbranched alkanes of at least 4 members (excludes halogenated alkanes) is 4. The van der Waals surface area contributed by atoms with Crippen molar-refractivity contribution in [1.29, 1.82) is 0 Å². The lowest BCUT2D eigenvalue weighted by Crippen LogP contribution is -2.55. The maximum absolute atomic E-state index is 14.0. The van der Waals surface area contributed by atoms with Gasteiger partial charge in [-0.25, -0.2) is 0 Å². The molecule has 3 aliphatic heterocycles. The van der Waals surface area contributed by atoms with E-state index < -0.39 is 22.6 Å². The lowest BCUT2D eigenvalue weighted by atomic mass is 9.71. The Morgan fingerprint density at radius 3 is 2.68 bits per heavy atom. The van der Waals surface area contributed by atoms with Crippen molar-refractivity contribution >= 4 is 29.5 Å². The van der Waals surface area contributed by atoms with Gasteiger partial charge in [0.1, 0.15) is 12.6 Å². The number of esters is 1. The number of rotatable bonds is 15. The number of likely N-dealkylation sites (tertiary alicyclic amines) is 1. The molecule has 3 fully saturated rings. The van der Waals surface area contributed by atoms with Crippen LogP contribution in [-0.4, -0.2) is 81.6 Å². The summed E-state index contributed by atoms with van der Waals surface area (Å²) >= 11 is 1.67. The Labute approximate surface area is 208 Å². The largest absolute Gasteiger partial charge is 0.461 e. The summed E-state index contributed by atoms with van der Waals surface area (Å²) in [6.07, 6.45) is 10.0. The molecule has 0 saturated carbocycles. The van der Waals surface area contributed by atoms with E-state index in [1.165, 1.54) is 6.08 Å². The van der Waals surface area contributed by atoms with Crippen LogP contribution >= 0.6 is 11.8 Å². The number of hydrogen-bond donors (Lipinski definition) is 1. The average molecular weight is 493 g/mol. The van der Waals surface area contributed by atoms with Crippen LogP contribution in [0.4, 0.5) is 0 Å². The molecule has 2 bridgehead atoms. The fourth-order valence-corrected chi connectivity index (χ4v) is 8.10. The van der Waals surface area contributed by atoms with Crippen molar-refractivity contribution < 1.29 is 24.2 Å². The Bertz CT molecular complexity index is 774. The monoisotopic (exact) mass is 492 g/mol. The predicted octanol–water partition coefficient (Wildman–Crippen LogP) is 3.17. The zero-order chi connectivity index (χ0) is 24.7. The van der Waals surface area contributed by atoms with E-state index in [1.807, 2.05) is 4.90 Å². The summed E-state index contributed by atoms with van der Waals surface area (Å²) in [4.78, 5) is 44.5. The maximum atomic E-state index is 14.0. The van der Waals surface area contributed by atoms with Gasteiger partial charge in [-0.05, 0) is 32.1 Å². The number of nitrogens with zero attached hydrogens (tertiary/aromatic N) is 2. The number of carbonyl (C=O) groups excluding carboxylic acids is 3. The van der Waals surface area contributed by atoms with Crippen LogP contribution in [0.25, 0.3) is 0 Å². The summed E-state index contributed by atoms with van der Waals surface area (Å²) in [5.41, 5.74) is 0. The van der Waals surface area contributed by atoms with Gasteiger partial charge in [0.05, 0.1) is 16.6 Å². The smallest absolute Gasteiger partial charge is 0.311 e. The number of aliphatic hydroxyl groups is 1. The van der Waals surface area contributed by atoms with E-state index in [0.717, 1.165) is 51.4 Å². The van der Waals surface area contributed by atoms with E-state index in [2.05, 4.69) is 20.1 Å². The van der Waals surface area contributed by atoms with Gasteiger partial charge in [0.2, 0.25) is 11.8 Å². The molecule has 7 nitrogen and oxygen atoms in total. The predicted molar refractivity (Wildman–Crippen MR) is 134 cm³/mol. The molecule has 1 N–H and O–H groups in total. The Hall–Kier alpha value is -1.80. The fraction of sp³-hybridized carbons (Fsp3) is 0.731. The van der Waals surface area contributed by atoms with Gasteiger partial charge >= 0.3 is 5.97 Å². The summed E-state index contributed by atoms with van der Waals surface area (Å²) in [6, 6.07) is -0.563. The Kier molecular flexibility index (Phi) is 9.65. The Balaban J connectivity index is 1.90. The number of amides is 2. The highest BCUT2D eigenvalue weighted by Crippen LogP contribution is 2.66. The van der Waals surface area contributed by atoms with Crippen molar-refractivity contribution in [3.05, 3.63) is 25.3 Å². The average Bonchev–Trinajstić information content (AvgIpc) is 3.47. The first-order valence-corrected chi connectivity index (χ1v) is 13.6. The summed E-state index contributed by atoms with van der Waals surface area (Å²) < 4.78 is 4.83. The quantitative estimate of drug-likeness (QED) is 0.215. The van der Waals surface area contributed by atoms with E-state index in [9.17, 15) is 14.4 Å². The maximum Gasteiger partial charge on any atom is 0.311 e. The van der Waals surface area contributed by atoms with Gasteiger partial charge in [-0.1, -0.05) is 44.9 Å². The molecule has 3 rings (SSSR count). The van der Waals surface area contributed by atoms with Crippen LogP contribution in [0.1, 0.15) is 58.3 Å². The minimum Gasteiger partial charge on any atom is -0.461 e. The van der Waals surface area contributed by atoms with Gasteiger partial charge in [0.25, 0.3) is 0 Å². The number of aliphatic hydroxyl groups excluding tert-OH is 1. The molecule has 3 aliphatic rings. The van der Waals surface area contributed by atoms with Crippen molar-refractivity contribution in [1.82, 2.24) is 9.80 Å². The molecule has 0 aromatic rings. The molecule has 34 heavy (non-hydrogen) atoms. The zero-order valence-corrected chi connectivity index (χ0v) is 21.3. The highest BCUT2D eigenvalue weighted by Gasteiger charge is 2.74. The molecule has 2 unspecified atom stereocenters. The first kappa shape index (κ1) is 26.8. The molecule has 0 aromatic carbocycles. The van der Waals surface area contributed by atoms with Crippen LogP contribution in [0, 0.1) is 11.8 Å². The molecule has 3 heterocycles. The molecule has 2 amide bonds. The van der Waals surface area contributed by atoms with Crippen molar-refractivity contribution in [2.24, 2.45) is 11.8 Å². The van der Waals surface area contributed by atoms with Crippen molar-refractivity contribution in [3.8, 4) is 0 Å². The topological polar surface area (TPSA) is 87.2 Å². The third-order valence-electron chi connectivity index (χ3n) is 7.40. The third kappa shape index (κ3) is 5.08. The lowest BCUT2D eigenvalue weighted by molar-refractivity contribution is -0.153. The van der Waals surface area contributed by atoms with Crippen LogP contribution in [0.3, 0.4) is 0 Å². The van der Waals surface area contributed by atoms with Gasteiger partial charge in [-0.15, -0.1) is 18.3 Å². The molecule has 190 valence electrons. The second-order valence-corrected chi connectivity index (χ2v) is 11.2.